The molecule has 1 aromatic heterocycles. The van der Waals surface area contributed by atoms with Crippen molar-refractivity contribution in [2.45, 2.75) is 13.3 Å². The van der Waals surface area contributed by atoms with Crippen LogP contribution >= 0.6 is 0 Å². The van der Waals surface area contributed by atoms with Crippen LogP contribution in [0.15, 0.2) is 43.1 Å². The zero-order valence-electron chi connectivity index (χ0n) is 13.7. The Morgan fingerprint density at radius 3 is 2.63 bits per heavy atom. The van der Waals surface area contributed by atoms with E-state index in [4.69, 9.17) is 4.74 Å². The normalized spacial score (nSPS) is 10.8. The maximum absolute atomic E-state index is 12.7. The van der Waals surface area contributed by atoms with Crippen molar-refractivity contribution in [2.75, 3.05) is 5.32 Å². The molecule has 2 rings (SSSR count). The summed E-state index contributed by atoms with van der Waals surface area (Å²) < 4.78 is 47.1. The molecule has 1 aromatic carbocycles. The number of hydrogen-bond acceptors (Lipinski definition) is 6. The van der Waals surface area contributed by atoms with Crippen molar-refractivity contribution < 1.29 is 32.4 Å². The third-order valence-corrected chi connectivity index (χ3v) is 2.99. The van der Waals surface area contributed by atoms with Crippen molar-refractivity contribution in [3.05, 3.63) is 58.8 Å². The first-order valence-electron chi connectivity index (χ1n) is 7.21. The summed E-state index contributed by atoms with van der Waals surface area (Å²) in [5.41, 5.74) is -0.0989. The summed E-state index contributed by atoms with van der Waals surface area (Å²) in [7, 11) is 0. The molecule has 0 aliphatic carbocycles. The molecule has 0 spiro atoms. The largest absolute Gasteiger partial charge is 0.573 e. The van der Waals surface area contributed by atoms with Crippen molar-refractivity contribution in [3.63, 3.8) is 0 Å². The molecule has 0 aliphatic heterocycles. The Kier molecular flexibility index (Phi) is 5.63. The minimum absolute atomic E-state index is 0.0298. The van der Waals surface area contributed by atoms with Crippen LogP contribution in [0.3, 0.4) is 0 Å². The number of nitrogens with zero attached hydrogens (tertiary/aromatic N) is 2. The lowest BCUT2D eigenvalue weighted by Crippen LogP contribution is -2.18. The van der Waals surface area contributed by atoms with E-state index in [1.165, 1.54) is 12.3 Å². The summed E-state index contributed by atoms with van der Waals surface area (Å²) in [5, 5.41) is 13.4. The predicted molar refractivity (Wildman–Crippen MR) is 87.7 cm³/mol. The Morgan fingerprint density at radius 1 is 1.33 bits per heavy atom. The number of nitrogens with one attached hydrogen (secondary N) is 1. The Labute approximate surface area is 150 Å². The van der Waals surface area contributed by atoms with Crippen molar-refractivity contribution in [2.24, 2.45) is 0 Å². The fourth-order valence-electron chi connectivity index (χ4n) is 1.92. The van der Waals surface area contributed by atoms with E-state index >= 15 is 0 Å². The van der Waals surface area contributed by atoms with E-state index in [9.17, 15) is 28.1 Å². The number of alkyl halides is 3. The quantitative estimate of drug-likeness (QED) is 0.457. The van der Waals surface area contributed by atoms with E-state index in [0.717, 1.165) is 24.3 Å². The van der Waals surface area contributed by atoms with Crippen LogP contribution in [-0.4, -0.2) is 22.2 Å². The molecule has 1 N–H and O–H groups in total. The Balaban J connectivity index is 2.45. The van der Waals surface area contributed by atoms with Crippen molar-refractivity contribution >= 4 is 17.3 Å². The zero-order chi connectivity index (χ0) is 20.2. The van der Waals surface area contributed by atoms with Gasteiger partial charge in [0.2, 0.25) is 5.91 Å². The molecule has 8 nitrogen and oxygen atoms in total. The zero-order valence-corrected chi connectivity index (χ0v) is 13.7. The van der Waals surface area contributed by atoms with Crippen LogP contribution < -0.4 is 14.8 Å². The van der Waals surface area contributed by atoms with Gasteiger partial charge in [0.15, 0.2) is 11.5 Å². The minimum Gasteiger partial charge on any atom is -0.430 e. The minimum atomic E-state index is -5.06. The molecule has 142 valence electrons. The summed E-state index contributed by atoms with van der Waals surface area (Å²) in [5.74, 6) is -2.47. The SMILES string of the molecule is C=CC(=O)Nc1ccc(Oc2ncc(C)cc2[N+](=O)[O-])c(OC(F)(F)F)c1. The van der Waals surface area contributed by atoms with Gasteiger partial charge in [-0.25, -0.2) is 4.98 Å². The van der Waals surface area contributed by atoms with Crippen LogP contribution in [0, 0.1) is 17.0 Å². The van der Waals surface area contributed by atoms with Gasteiger partial charge in [-0.15, -0.1) is 13.2 Å². The van der Waals surface area contributed by atoms with Gasteiger partial charge in [0.25, 0.3) is 5.88 Å². The lowest BCUT2D eigenvalue weighted by atomic mass is 10.2. The van der Waals surface area contributed by atoms with Gasteiger partial charge in [-0.05, 0) is 30.7 Å². The van der Waals surface area contributed by atoms with Gasteiger partial charge < -0.3 is 14.8 Å². The molecule has 11 heteroatoms. The first kappa shape index (κ1) is 19.7. The molecule has 0 radical (unpaired) electrons. The maximum Gasteiger partial charge on any atom is 0.573 e. The Morgan fingerprint density at radius 2 is 2.04 bits per heavy atom. The van der Waals surface area contributed by atoms with Gasteiger partial charge in [-0.3, -0.25) is 14.9 Å². The summed E-state index contributed by atoms with van der Waals surface area (Å²) in [6.45, 7) is 4.78. The number of ether oxygens (including phenoxy) is 2. The number of carbonyl (C=O) groups excluding carboxylic acids is 1. The van der Waals surface area contributed by atoms with Gasteiger partial charge >= 0.3 is 12.0 Å². The number of anilines is 1. The number of carbonyl (C=O) groups is 1. The number of benzene rings is 1. The first-order chi connectivity index (χ1) is 12.6. The van der Waals surface area contributed by atoms with Gasteiger partial charge in [0.05, 0.1) is 4.92 Å². The molecule has 0 saturated carbocycles. The standard InChI is InChI=1S/C16H12F3N3O5/c1-3-14(23)21-10-4-5-12(13(7-10)27-16(17,18)19)26-15-11(22(24)25)6-9(2)8-20-15/h3-8H,1H2,2H3,(H,21,23). The highest BCUT2D eigenvalue weighted by Crippen LogP contribution is 2.39. The smallest absolute Gasteiger partial charge is 0.430 e. The van der Waals surface area contributed by atoms with E-state index in [2.05, 4.69) is 21.6 Å². The number of aromatic nitrogens is 1. The maximum atomic E-state index is 12.7. The van der Waals surface area contributed by atoms with E-state index in [-0.39, 0.29) is 5.69 Å². The molecule has 0 bridgehead atoms. The fraction of sp³-hybridized carbons (Fsp3) is 0.125. The number of halogens is 3. The highest BCUT2D eigenvalue weighted by atomic mass is 19.4. The lowest BCUT2D eigenvalue weighted by Gasteiger charge is -2.15. The van der Waals surface area contributed by atoms with Crippen LogP contribution in [0.2, 0.25) is 0 Å². The van der Waals surface area contributed by atoms with Crippen LogP contribution in [0.1, 0.15) is 5.56 Å². The van der Waals surface area contributed by atoms with E-state index < -0.39 is 40.3 Å². The molecular weight excluding hydrogens is 371 g/mol. The average molecular weight is 383 g/mol. The van der Waals surface area contributed by atoms with Crippen LogP contribution in [0.25, 0.3) is 0 Å². The van der Waals surface area contributed by atoms with Crippen LogP contribution in [-0.2, 0) is 4.79 Å². The summed E-state index contributed by atoms with van der Waals surface area (Å²) in [6.07, 6.45) is -2.88. The molecule has 1 heterocycles. The monoisotopic (exact) mass is 383 g/mol. The second-order valence-electron chi connectivity index (χ2n) is 5.10. The molecule has 1 amide bonds. The van der Waals surface area contributed by atoms with Gasteiger partial charge in [0.1, 0.15) is 0 Å². The molecular formula is C16H12F3N3O5. The summed E-state index contributed by atoms with van der Waals surface area (Å²) in [4.78, 5) is 25.4. The third kappa shape index (κ3) is 5.42. The molecule has 0 aliphatic rings. The first-order valence-corrected chi connectivity index (χ1v) is 7.21. The Hall–Kier alpha value is -3.63. The number of pyridine rings is 1. The summed E-state index contributed by atoms with van der Waals surface area (Å²) >= 11 is 0. The molecule has 27 heavy (non-hydrogen) atoms. The molecule has 2 aromatic rings. The second kappa shape index (κ2) is 7.72. The molecule has 0 unspecified atom stereocenters. The highest BCUT2D eigenvalue weighted by molar-refractivity contribution is 5.99. The van der Waals surface area contributed by atoms with Crippen LogP contribution in [0.4, 0.5) is 24.5 Å². The van der Waals surface area contributed by atoms with Crippen molar-refractivity contribution in [1.82, 2.24) is 4.98 Å². The van der Waals surface area contributed by atoms with E-state index in [0.29, 0.717) is 5.56 Å². The van der Waals surface area contributed by atoms with Gasteiger partial charge in [-0.1, -0.05) is 6.58 Å². The van der Waals surface area contributed by atoms with Gasteiger partial charge in [0, 0.05) is 24.0 Å². The van der Waals surface area contributed by atoms with E-state index in [1.807, 2.05) is 0 Å². The fourth-order valence-corrected chi connectivity index (χ4v) is 1.92. The number of hydrogen-bond donors (Lipinski definition) is 1. The molecule has 0 atom stereocenters. The molecule has 0 fully saturated rings. The number of aryl methyl sites for hydroxylation is 1. The second-order valence-corrected chi connectivity index (χ2v) is 5.10. The van der Waals surface area contributed by atoms with Crippen LogP contribution in [0.5, 0.6) is 17.4 Å². The van der Waals surface area contributed by atoms with Crippen molar-refractivity contribution in [3.8, 4) is 17.4 Å². The number of nitro groups is 1. The number of rotatable bonds is 6. The predicted octanol–water partition coefficient (Wildman–Crippen LogP) is 4.11. The van der Waals surface area contributed by atoms with Crippen molar-refractivity contribution in [1.29, 1.82) is 0 Å². The van der Waals surface area contributed by atoms with Gasteiger partial charge in [-0.2, -0.15) is 0 Å². The summed E-state index contributed by atoms with van der Waals surface area (Å²) in [6, 6.07) is 4.28. The third-order valence-electron chi connectivity index (χ3n) is 2.99. The lowest BCUT2D eigenvalue weighted by molar-refractivity contribution is -0.386. The molecule has 0 saturated heterocycles. The Bertz CT molecular complexity index is 899. The van der Waals surface area contributed by atoms with E-state index in [1.54, 1.807) is 6.92 Å². The number of amides is 1. The topological polar surface area (TPSA) is 104 Å². The highest BCUT2D eigenvalue weighted by Gasteiger charge is 2.33. The average Bonchev–Trinajstić information content (AvgIpc) is 2.56.